The Morgan fingerprint density at radius 1 is 1.33 bits per heavy atom. The molecule has 3 aliphatic heterocycles. The second-order valence-electron chi connectivity index (χ2n) is 3.63. The van der Waals surface area contributed by atoms with Crippen LogP contribution < -0.4 is 0 Å². The van der Waals surface area contributed by atoms with Gasteiger partial charge in [0, 0.05) is 5.92 Å². The highest BCUT2D eigenvalue weighted by Gasteiger charge is 2.60. The molecule has 12 heavy (non-hydrogen) atoms. The van der Waals surface area contributed by atoms with Crippen LogP contribution in [-0.2, 0) is 14.2 Å². The van der Waals surface area contributed by atoms with Crippen LogP contribution in [0.25, 0.3) is 0 Å². The van der Waals surface area contributed by atoms with Gasteiger partial charge in [0.05, 0.1) is 18.8 Å². The first kappa shape index (κ1) is 7.06. The molecule has 0 aromatic rings. The fraction of sp³-hybridized carbons (Fsp3) is 0.778. The molecule has 0 aliphatic carbocycles. The highest BCUT2D eigenvalue weighted by molar-refractivity contribution is 5.04. The Labute approximate surface area is 71.3 Å². The first-order valence-electron chi connectivity index (χ1n) is 4.43. The van der Waals surface area contributed by atoms with E-state index in [1.165, 1.54) is 0 Å². The Morgan fingerprint density at radius 2 is 2.25 bits per heavy atom. The van der Waals surface area contributed by atoms with E-state index in [1.54, 1.807) is 0 Å². The van der Waals surface area contributed by atoms with Crippen LogP contribution in [0.4, 0.5) is 0 Å². The average molecular weight is 168 g/mol. The zero-order chi connectivity index (χ0) is 8.13. The summed E-state index contributed by atoms with van der Waals surface area (Å²) in [5.41, 5.74) is 0. The summed E-state index contributed by atoms with van der Waals surface area (Å²) in [5, 5.41) is 0. The molecule has 3 rings (SSSR count). The van der Waals surface area contributed by atoms with Gasteiger partial charge in [-0.3, -0.25) is 0 Å². The van der Waals surface area contributed by atoms with Crippen molar-refractivity contribution in [2.75, 3.05) is 6.61 Å². The van der Waals surface area contributed by atoms with Crippen molar-refractivity contribution in [1.29, 1.82) is 0 Å². The minimum Gasteiger partial charge on any atom is -0.364 e. The first-order valence-corrected chi connectivity index (χ1v) is 4.43. The number of allylic oxidation sites excluding steroid dienone is 1. The van der Waals surface area contributed by atoms with Gasteiger partial charge in [0.1, 0.15) is 6.10 Å². The standard InChI is InChI=1S/C9H12O3/c1-2-3-5-6-4-10-9(11-6)8-7(5)12-8/h2,5-9H,1,3-4H2. The quantitative estimate of drug-likeness (QED) is 0.449. The van der Waals surface area contributed by atoms with Gasteiger partial charge in [0.15, 0.2) is 6.29 Å². The van der Waals surface area contributed by atoms with Crippen molar-refractivity contribution in [2.45, 2.75) is 31.0 Å². The topological polar surface area (TPSA) is 31.0 Å². The van der Waals surface area contributed by atoms with Crippen LogP contribution in [0.2, 0.25) is 0 Å². The molecule has 0 saturated carbocycles. The largest absolute Gasteiger partial charge is 0.364 e. The van der Waals surface area contributed by atoms with E-state index < -0.39 is 0 Å². The number of fused-ring (bicyclic) bond motifs is 4. The van der Waals surface area contributed by atoms with Gasteiger partial charge in [-0.2, -0.15) is 0 Å². The maximum atomic E-state index is 5.62. The monoisotopic (exact) mass is 168 g/mol. The summed E-state index contributed by atoms with van der Waals surface area (Å²) in [7, 11) is 0. The lowest BCUT2D eigenvalue weighted by Gasteiger charge is -2.22. The van der Waals surface area contributed by atoms with Crippen molar-refractivity contribution in [1.82, 2.24) is 0 Å². The van der Waals surface area contributed by atoms with Crippen LogP contribution in [0.1, 0.15) is 6.42 Å². The summed E-state index contributed by atoms with van der Waals surface area (Å²) in [6.45, 7) is 4.47. The van der Waals surface area contributed by atoms with Gasteiger partial charge in [0.25, 0.3) is 0 Å². The van der Waals surface area contributed by atoms with Crippen LogP contribution in [0.3, 0.4) is 0 Å². The third kappa shape index (κ3) is 0.815. The number of rotatable bonds is 2. The Morgan fingerprint density at radius 3 is 3.08 bits per heavy atom. The fourth-order valence-electron chi connectivity index (χ4n) is 2.23. The van der Waals surface area contributed by atoms with E-state index in [9.17, 15) is 0 Å². The van der Waals surface area contributed by atoms with E-state index in [1.807, 2.05) is 6.08 Å². The molecule has 0 aromatic carbocycles. The maximum Gasteiger partial charge on any atom is 0.186 e. The molecule has 3 heterocycles. The van der Waals surface area contributed by atoms with Gasteiger partial charge in [-0.05, 0) is 6.42 Å². The Bertz CT molecular complexity index is 216. The molecule has 66 valence electrons. The molecule has 5 unspecified atom stereocenters. The molecule has 2 bridgehead atoms. The van der Waals surface area contributed by atoms with Crippen LogP contribution in [-0.4, -0.2) is 31.2 Å². The molecule has 5 atom stereocenters. The van der Waals surface area contributed by atoms with E-state index in [0.717, 1.165) is 13.0 Å². The molecule has 0 N–H and O–H groups in total. The number of epoxide rings is 1. The molecule has 3 saturated heterocycles. The minimum atomic E-state index is -0.0685. The van der Waals surface area contributed by atoms with Gasteiger partial charge in [-0.25, -0.2) is 0 Å². The van der Waals surface area contributed by atoms with Crippen molar-refractivity contribution in [2.24, 2.45) is 5.92 Å². The summed E-state index contributed by atoms with van der Waals surface area (Å²) in [6.07, 6.45) is 3.69. The highest BCUT2D eigenvalue weighted by Crippen LogP contribution is 2.46. The number of hydrogen-bond donors (Lipinski definition) is 0. The molecule has 3 nitrogen and oxygen atoms in total. The normalized spacial score (nSPS) is 54.8. The van der Waals surface area contributed by atoms with Gasteiger partial charge < -0.3 is 14.2 Å². The molecular formula is C9H12O3. The van der Waals surface area contributed by atoms with E-state index >= 15 is 0 Å². The number of hydrogen-bond acceptors (Lipinski definition) is 3. The SMILES string of the molecule is C=CCC1C2COC(O2)C2OC12. The number of ether oxygens (including phenoxy) is 3. The van der Waals surface area contributed by atoms with Gasteiger partial charge in [0.2, 0.25) is 0 Å². The van der Waals surface area contributed by atoms with Crippen LogP contribution in [0.15, 0.2) is 12.7 Å². The fourth-order valence-corrected chi connectivity index (χ4v) is 2.23. The van der Waals surface area contributed by atoms with Gasteiger partial charge >= 0.3 is 0 Å². The molecular weight excluding hydrogens is 156 g/mol. The summed E-state index contributed by atoms with van der Waals surface area (Å²) >= 11 is 0. The molecule has 3 heteroatoms. The van der Waals surface area contributed by atoms with E-state index in [-0.39, 0.29) is 18.5 Å². The van der Waals surface area contributed by atoms with Crippen molar-refractivity contribution >= 4 is 0 Å². The Hall–Kier alpha value is -0.380. The average Bonchev–Trinajstić information content (AvgIpc) is 2.75. The third-order valence-corrected chi connectivity index (χ3v) is 2.90. The predicted octanol–water partition coefficient (Wildman–Crippen LogP) is 0.701. The van der Waals surface area contributed by atoms with Gasteiger partial charge in [-0.1, -0.05) is 6.08 Å². The van der Waals surface area contributed by atoms with E-state index in [2.05, 4.69) is 6.58 Å². The van der Waals surface area contributed by atoms with E-state index in [0.29, 0.717) is 12.0 Å². The Kier molecular flexibility index (Phi) is 1.36. The summed E-state index contributed by atoms with van der Waals surface area (Å²) in [5.74, 6) is 0.478. The van der Waals surface area contributed by atoms with Crippen molar-refractivity contribution in [3.8, 4) is 0 Å². The predicted molar refractivity (Wildman–Crippen MR) is 41.6 cm³/mol. The maximum absolute atomic E-state index is 5.62. The first-order chi connectivity index (χ1) is 5.90. The summed E-state index contributed by atoms with van der Waals surface area (Å²) in [4.78, 5) is 0. The molecule has 3 aliphatic rings. The van der Waals surface area contributed by atoms with Crippen LogP contribution >= 0.6 is 0 Å². The summed E-state index contributed by atoms with van der Waals surface area (Å²) in [6, 6.07) is 0. The molecule has 0 radical (unpaired) electrons. The molecule has 0 amide bonds. The lowest BCUT2D eigenvalue weighted by molar-refractivity contribution is -0.0884. The highest BCUT2D eigenvalue weighted by atomic mass is 16.8. The second kappa shape index (κ2) is 2.31. The Balaban J connectivity index is 1.80. The second-order valence-corrected chi connectivity index (χ2v) is 3.63. The third-order valence-electron chi connectivity index (χ3n) is 2.90. The van der Waals surface area contributed by atoms with E-state index in [4.69, 9.17) is 14.2 Å². The lowest BCUT2D eigenvalue weighted by atomic mass is 9.92. The molecule has 0 spiro atoms. The lowest BCUT2D eigenvalue weighted by Crippen LogP contribution is -2.35. The summed E-state index contributed by atoms with van der Waals surface area (Å²) < 4.78 is 16.5. The van der Waals surface area contributed by atoms with Crippen LogP contribution in [0, 0.1) is 5.92 Å². The van der Waals surface area contributed by atoms with Crippen LogP contribution in [0.5, 0.6) is 0 Å². The minimum absolute atomic E-state index is 0.0685. The van der Waals surface area contributed by atoms with Crippen molar-refractivity contribution in [3.05, 3.63) is 12.7 Å². The van der Waals surface area contributed by atoms with Gasteiger partial charge in [-0.15, -0.1) is 6.58 Å². The molecule has 3 fully saturated rings. The zero-order valence-electron chi connectivity index (χ0n) is 6.81. The molecule has 0 aromatic heterocycles. The van der Waals surface area contributed by atoms with Crippen molar-refractivity contribution < 1.29 is 14.2 Å². The zero-order valence-corrected chi connectivity index (χ0v) is 6.81. The van der Waals surface area contributed by atoms with Crippen molar-refractivity contribution in [3.63, 3.8) is 0 Å². The smallest absolute Gasteiger partial charge is 0.186 e.